The van der Waals surface area contributed by atoms with Gasteiger partial charge in [-0.05, 0) is 58.2 Å². The standard InChI is InChI=1S/C17H25ClN2O2/c1-17(2,3)22-16(21)20-10-5-8-14(9-11-20)19-15-7-4-6-13(18)12-15/h4,6-7,12,14,19H,5,8-11H2,1-3H3. The number of rotatable bonds is 2. The third-order valence-electron chi connectivity index (χ3n) is 3.58. The fourth-order valence-corrected chi connectivity index (χ4v) is 2.75. The van der Waals surface area contributed by atoms with Crippen molar-refractivity contribution in [2.24, 2.45) is 0 Å². The zero-order valence-corrected chi connectivity index (χ0v) is 14.3. The predicted octanol–water partition coefficient (Wildman–Crippen LogP) is 4.54. The van der Waals surface area contributed by atoms with Gasteiger partial charge < -0.3 is 15.0 Å². The molecule has 122 valence electrons. The Bertz CT molecular complexity index is 514. The second kappa shape index (κ2) is 7.23. The van der Waals surface area contributed by atoms with Gasteiger partial charge in [-0.25, -0.2) is 4.79 Å². The first-order chi connectivity index (χ1) is 10.3. The summed E-state index contributed by atoms with van der Waals surface area (Å²) in [6, 6.07) is 8.10. The van der Waals surface area contributed by atoms with E-state index in [0.717, 1.165) is 36.5 Å². The average molecular weight is 325 g/mol. The van der Waals surface area contributed by atoms with Crippen molar-refractivity contribution in [3.63, 3.8) is 0 Å². The minimum atomic E-state index is -0.443. The molecule has 1 amide bonds. The summed E-state index contributed by atoms with van der Waals surface area (Å²) in [5, 5.41) is 4.24. The van der Waals surface area contributed by atoms with Crippen LogP contribution in [0.1, 0.15) is 40.0 Å². The van der Waals surface area contributed by atoms with Gasteiger partial charge in [0.25, 0.3) is 0 Å². The highest BCUT2D eigenvalue weighted by Gasteiger charge is 2.25. The van der Waals surface area contributed by atoms with Crippen LogP contribution >= 0.6 is 11.6 Å². The molecular formula is C17H25ClN2O2. The predicted molar refractivity (Wildman–Crippen MR) is 90.5 cm³/mol. The number of halogens is 1. The van der Waals surface area contributed by atoms with E-state index in [1.54, 1.807) is 0 Å². The second-order valence-corrected chi connectivity index (χ2v) is 7.19. The summed E-state index contributed by atoms with van der Waals surface area (Å²) in [6.45, 7) is 7.15. The molecule has 4 nitrogen and oxygen atoms in total. The van der Waals surface area contributed by atoms with Crippen molar-refractivity contribution >= 4 is 23.4 Å². The summed E-state index contributed by atoms with van der Waals surface area (Å²) in [7, 11) is 0. The van der Waals surface area contributed by atoms with Crippen LogP contribution in [-0.2, 0) is 4.74 Å². The van der Waals surface area contributed by atoms with Crippen molar-refractivity contribution < 1.29 is 9.53 Å². The molecule has 1 fully saturated rings. The van der Waals surface area contributed by atoms with E-state index in [0.29, 0.717) is 12.6 Å². The summed E-state index contributed by atoms with van der Waals surface area (Å²) in [5.41, 5.74) is 0.588. The molecule has 0 aromatic heterocycles. The Morgan fingerprint density at radius 3 is 2.77 bits per heavy atom. The molecule has 22 heavy (non-hydrogen) atoms. The van der Waals surface area contributed by atoms with Gasteiger partial charge in [0.05, 0.1) is 0 Å². The van der Waals surface area contributed by atoms with Gasteiger partial charge in [-0.2, -0.15) is 0 Å². The van der Waals surface area contributed by atoms with E-state index in [4.69, 9.17) is 16.3 Å². The first-order valence-electron chi connectivity index (χ1n) is 7.83. The fraction of sp³-hybridized carbons (Fsp3) is 0.588. The zero-order valence-electron chi connectivity index (χ0n) is 13.6. The number of anilines is 1. The fourth-order valence-electron chi connectivity index (χ4n) is 2.56. The molecule has 1 aromatic carbocycles. The monoisotopic (exact) mass is 324 g/mol. The van der Waals surface area contributed by atoms with Crippen LogP contribution in [0.3, 0.4) is 0 Å². The van der Waals surface area contributed by atoms with Crippen molar-refractivity contribution in [2.75, 3.05) is 18.4 Å². The molecule has 0 saturated carbocycles. The van der Waals surface area contributed by atoms with Crippen LogP contribution in [0.15, 0.2) is 24.3 Å². The smallest absolute Gasteiger partial charge is 0.410 e. The Labute approximate surface area is 137 Å². The lowest BCUT2D eigenvalue weighted by atomic mass is 10.1. The maximum Gasteiger partial charge on any atom is 0.410 e. The highest BCUT2D eigenvalue weighted by molar-refractivity contribution is 6.30. The molecule has 0 spiro atoms. The number of benzene rings is 1. The molecule has 0 radical (unpaired) electrons. The van der Waals surface area contributed by atoms with E-state index in [9.17, 15) is 4.79 Å². The van der Waals surface area contributed by atoms with E-state index in [1.165, 1.54) is 0 Å². The van der Waals surface area contributed by atoms with Gasteiger partial charge in [0, 0.05) is 29.8 Å². The lowest BCUT2D eigenvalue weighted by Gasteiger charge is -2.26. The first kappa shape index (κ1) is 16.9. The maximum atomic E-state index is 12.1. The summed E-state index contributed by atoms with van der Waals surface area (Å²) in [4.78, 5) is 14.0. The van der Waals surface area contributed by atoms with Crippen LogP contribution in [0.2, 0.25) is 5.02 Å². The number of hydrogen-bond acceptors (Lipinski definition) is 3. The minimum Gasteiger partial charge on any atom is -0.444 e. The molecule has 0 aliphatic carbocycles. The molecule has 1 unspecified atom stereocenters. The maximum absolute atomic E-state index is 12.1. The normalized spacial score (nSPS) is 19.5. The van der Waals surface area contributed by atoms with Crippen LogP contribution in [-0.4, -0.2) is 35.7 Å². The number of nitrogens with zero attached hydrogens (tertiary/aromatic N) is 1. The zero-order chi connectivity index (χ0) is 16.2. The van der Waals surface area contributed by atoms with Gasteiger partial charge in [-0.15, -0.1) is 0 Å². The first-order valence-corrected chi connectivity index (χ1v) is 8.21. The van der Waals surface area contributed by atoms with Crippen LogP contribution in [0.5, 0.6) is 0 Å². The van der Waals surface area contributed by atoms with Crippen molar-refractivity contribution in [3.8, 4) is 0 Å². The van der Waals surface area contributed by atoms with Crippen molar-refractivity contribution in [2.45, 2.75) is 51.7 Å². The van der Waals surface area contributed by atoms with E-state index >= 15 is 0 Å². The number of hydrogen-bond donors (Lipinski definition) is 1. The van der Waals surface area contributed by atoms with Gasteiger partial charge in [-0.1, -0.05) is 17.7 Å². The van der Waals surface area contributed by atoms with Gasteiger partial charge in [0.1, 0.15) is 5.60 Å². The third-order valence-corrected chi connectivity index (χ3v) is 3.81. The molecule has 1 atom stereocenters. The van der Waals surface area contributed by atoms with Crippen molar-refractivity contribution in [1.82, 2.24) is 4.90 Å². The van der Waals surface area contributed by atoms with Crippen LogP contribution in [0.4, 0.5) is 10.5 Å². The van der Waals surface area contributed by atoms with Gasteiger partial charge in [0.2, 0.25) is 0 Å². The van der Waals surface area contributed by atoms with Gasteiger partial charge in [-0.3, -0.25) is 0 Å². The molecule has 1 aliphatic rings. The number of likely N-dealkylation sites (tertiary alicyclic amines) is 1. The number of nitrogens with one attached hydrogen (secondary N) is 1. The summed E-state index contributed by atoms with van der Waals surface area (Å²) >= 11 is 6.01. The molecule has 2 rings (SSSR count). The summed E-state index contributed by atoms with van der Waals surface area (Å²) in [5.74, 6) is 0. The molecule has 1 aliphatic heterocycles. The van der Waals surface area contributed by atoms with Crippen LogP contribution in [0, 0.1) is 0 Å². The largest absolute Gasteiger partial charge is 0.444 e. The average Bonchev–Trinajstić information content (AvgIpc) is 2.62. The SMILES string of the molecule is CC(C)(C)OC(=O)N1CCCC(Nc2cccc(Cl)c2)CC1. The lowest BCUT2D eigenvalue weighted by molar-refractivity contribution is 0.0256. The molecule has 0 bridgehead atoms. The molecule has 5 heteroatoms. The molecule has 1 aromatic rings. The Balaban J connectivity index is 1.88. The quantitative estimate of drug-likeness (QED) is 0.868. The highest BCUT2D eigenvalue weighted by Crippen LogP contribution is 2.21. The number of carbonyl (C=O) groups excluding carboxylic acids is 1. The summed E-state index contributed by atoms with van der Waals surface area (Å²) < 4.78 is 5.45. The van der Waals surface area contributed by atoms with Crippen LogP contribution in [0.25, 0.3) is 0 Å². The Kier molecular flexibility index (Phi) is 5.57. The molecular weight excluding hydrogens is 300 g/mol. The molecule has 1 heterocycles. The van der Waals surface area contributed by atoms with Gasteiger partial charge >= 0.3 is 6.09 Å². The minimum absolute atomic E-state index is 0.212. The summed E-state index contributed by atoms with van der Waals surface area (Å²) in [6.07, 6.45) is 2.70. The van der Waals surface area contributed by atoms with E-state index in [1.807, 2.05) is 49.9 Å². The lowest BCUT2D eigenvalue weighted by Crippen LogP contribution is -2.37. The highest BCUT2D eigenvalue weighted by atomic mass is 35.5. The van der Waals surface area contributed by atoms with Crippen molar-refractivity contribution in [3.05, 3.63) is 29.3 Å². The van der Waals surface area contributed by atoms with Gasteiger partial charge in [0.15, 0.2) is 0 Å². The van der Waals surface area contributed by atoms with Crippen molar-refractivity contribution in [1.29, 1.82) is 0 Å². The molecule has 1 N–H and O–H groups in total. The second-order valence-electron chi connectivity index (χ2n) is 6.75. The van der Waals surface area contributed by atoms with Crippen LogP contribution < -0.4 is 5.32 Å². The Morgan fingerprint density at radius 1 is 1.32 bits per heavy atom. The van der Waals surface area contributed by atoms with E-state index < -0.39 is 5.60 Å². The topological polar surface area (TPSA) is 41.6 Å². The third kappa shape index (κ3) is 5.41. The molecule has 1 saturated heterocycles. The van der Waals surface area contributed by atoms with E-state index in [2.05, 4.69) is 5.32 Å². The van der Waals surface area contributed by atoms with E-state index in [-0.39, 0.29) is 6.09 Å². The number of carbonyl (C=O) groups is 1. The Morgan fingerprint density at radius 2 is 2.09 bits per heavy atom. The number of ether oxygens (including phenoxy) is 1. The number of amides is 1. The Hall–Kier alpha value is -1.42.